The summed E-state index contributed by atoms with van der Waals surface area (Å²) in [5.74, 6) is 0.0807. The molecule has 0 aliphatic carbocycles. The summed E-state index contributed by atoms with van der Waals surface area (Å²) in [5, 5.41) is 13.4. The topological polar surface area (TPSA) is 85.0 Å². The summed E-state index contributed by atoms with van der Waals surface area (Å²) in [6.07, 6.45) is 1.45. The molecule has 1 aromatic heterocycles. The average Bonchev–Trinajstić information content (AvgIpc) is 3.00. The lowest BCUT2D eigenvalue weighted by atomic mass is 10.0. The van der Waals surface area contributed by atoms with Crippen molar-refractivity contribution < 1.29 is 23.9 Å². The van der Waals surface area contributed by atoms with Crippen LogP contribution in [0.1, 0.15) is 17.3 Å². The second-order valence-corrected chi connectivity index (χ2v) is 4.75. The third-order valence-electron chi connectivity index (χ3n) is 3.31. The Morgan fingerprint density at radius 1 is 1.36 bits per heavy atom. The number of rotatable bonds is 7. The zero-order valence-electron chi connectivity index (χ0n) is 12.6. The summed E-state index contributed by atoms with van der Waals surface area (Å²) in [5.41, 5.74) is 1.20. The maximum absolute atomic E-state index is 11.7. The van der Waals surface area contributed by atoms with E-state index in [2.05, 4.69) is 5.16 Å². The van der Waals surface area contributed by atoms with E-state index in [9.17, 15) is 9.90 Å². The van der Waals surface area contributed by atoms with Crippen LogP contribution in [-0.4, -0.2) is 42.4 Å². The first kappa shape index (κ1) is 15.8. The fourth-order valence-electron chi connectivity index (χ4n) is 2.27. The number of methoxy groups -OCH3 is 2. The van der Waals surface area contributed by atoms with E-state index in [1.54, 1.807) is 43.3 Å². The van der Waals surface area contributed by atoms with Gasteiger partial charge in [0, 0.05) is 24.2 Å². The van der Waals surface area contributed by atoms with Crippen LogP contribution in [0.3, 0.4) is 0 Å². The molecular formula is C15H18N2O5. The Morgan fingerprint density at radius 2 is 2.14 bits per heavy atom. The van der Waals surface area contributed by atoms with Gasteiger partial charge in [-0.2, -0.15) is 0 Å². The Kier molecular flexibility index (Phi) is 5.00. The second-order valence-electron chi connectivity index (χ2n) is 4.75. The molecule has 22 heavy (non-hydrogen) atoms. The average molecular weight is 306 g/mol. The highest BCUT2D eigenvalue weighted by atomic mass is 16.5. The Morgan fingerprint density at radius 3 is 2.68 bits per heavy atom. The van der Waals surface area contributed by atoms with Gasteiger partial charge in [0.15, 0.2) is 0 Å². The Balaban J connectivity index is 2.33. The molecule has 7 nitrogen and oxygen atoms in total. The van der Waals surface area contributed by atoms with Crippen LogP contribution in [0, 0.1) is 0 Å². The zero-order valence-corrected chi connectivity index (χ0v) is 12.6. The molecule has 0 saturated heterocycles. The summed E-state index contributed by atoms with van der Waals surface area (Å²) in [6, 6.07) is 5.88. The van der Waals surface area contributed by atoms with Crippen LogP contribution < -0.4 is 9.47 Å². The van der Waals surface area contributed by atoms with E-state index in [0.717, 1.165) is 0 Å². The van der Waals surface area contributed by atoms with E-state index < -0.39 is 12.0 Å². The Bertz CT molecular complexity index is 627. The zero-order chi connectivity index (χ0) is 16.1. The highest BCUT2D eigenvalue weighted by molar-refractivity contribution is 5.77. The highest BCUT2D eigenvalue weighted by Gasteiger charge is 2.28. The number of hydrogen-bond donors (Lipinski definition) is 1. The number of carboxylic acid groups (broad SMARTS) is 1. The van der Waals surface area contributed by atoms with Crippen molar-refractivity contribution in [1.29, 1.82) is 0 Å². The first-order valence-electron chi connectivity index (χ1n) is 6.61. The van der Waals surface area contributed by atoms with Crippen molar-refractivity contribution >= 4 is 5.97 Å². The first-order valence-corrected chi connectivity index (χ1v) is 6.61. The lowest BCUT2D eigenvalue weighted by Crippen LogP contribution is -2.31. The van der Waals surface area contributed by atoms with Crippen molar-refractivity contribution in [3.8, 4) is 11.5 Å². The van der Waals surface area contributed by atoms with Crippen molar-refractivity contribution in [2.45, 2.75) is 12.6 Å². The fourth-order valence-corrected chi connectivity index (χ4v) is 2.27. The molecule has 118 valence electrons. The van der Waals surface area contributed by atoms with E-state index in [-0.39, 0.29) is 0 Å². The molecule has 1 atom stereocenters. The molecule has 0 fully saturated rings. The van der Waals surface area contributed by atoms with Crippen molar-refractivity contribution in [2.24, 2.45) is 0 Å². The van der Waals surface area contributed by atoms with Gasteiger partial charge in [-0.3, -0.25) is 9.69 Å². The minimum absolute atomic E-state index is 0.336. The molecule has 1 heterocycles. The molecule has 2 aromatic rings. The number of nitrogens with zero attached hydrogens (tertiary/aromatic N) is 2. The molecule has 1 N–H and O–H groups in total. The van der Waals surface area contributed by atoms with E-state index in [0.29, 0.717) is 29.3 Å². The van der Waals surface area contributed by atoms with Crippen LogP contribution in [0.25, 0.3) is 0 Å². The molecule has 0 saturated carbocycles. The minimum atomic E-state index is -0.977. The Hall–Kier alpha value is -2.54. The summed E-state index contributed by atoms with van der Waals surface area (Å²) in [4.78, 5) is 13.4. The molecule has 0 aliphatic heterocycles. The van der Waals surface area contributed by atoms with Crippen LogP contribution in [0.2, 0.25) is 0 Å². The largest absolute Gasteiger partial charge is 0.497 e. The summed E-state index contributed by atoms with van der Waals surface area (Å²) < 4.78 is 15.2. The number of carboxylic acids is 1. The number of hydrogen-bond acceptors (Lipinski definition) is 6. The van der Waals surface area contributed by atoms with Gasteiger partial charge in [-0.15, -0.1) is 0 Å². The predicted octanol–water partition coefficient (Wildman–Crippen LogP) is 1.95. The van der Waals surface area contributed by atoms with E-state index >= 15 is 0 Å². The van der Waals surface area contributed by atoms with Crippen molar-refractivity contribution in [1.82, 2.24) is 10.1 Å². The van der Waals surface area contributed by atoms with Crippen LogP contribution in [-0.2, 0) is 11.3 Å². The highest BCUT2D eigenvalue weighted by Crippen LogP contribution is 2.32. The maximum Gasteiger partial charge on any atom is 0.325 e. The molecule has 0 spiro atoms. The van der Waals surface area contributed by atoms with E-state index in [4.69, 9.17) is 14.0 Å². The quantitative estimate of drug-likeness (QED) is 0.836. The molecule has 1 aromatic carbocycles. The van der Waals surface area contributed by atoms with Gasteiger partial charge < -0.3 is 19.1 Å². The SMILES string of the molecule is COc1ccc(C(C(=O)O)N(C)Cc2ccon2)c(OC)c1. The summed E-state index contributed by atoms with van der Waals surface area (Å²) in [7, 11) is 4.74. The standard InChI is InChI=1S/C15H18N2O5/c1-17(9-10-6-7-22-16-10)14(15(18)19)12-5-4-11(20-2)8-13(12)21-3/h4-8,14H,9H2,1-3H3,(H,18,19). The second kappa shape index (κ2) is 6.95. The van der Waals surface area contributed by atoms with Crippen LogP contribution in [0.5, 0.6) is 11.5 Å². The lowest BCUT2D eigenvalue weighted by molar-refractivity contribution is -0.143. The first-order chi connectivity index (χ1) is 10.6. The van der Waals surface area contributed by atoms with Gasteiger partial charge in [0.2, 0.25) is 0 Å². The van der Waals surface area contributed by atoms with Gasteiger partial charge >= 0.3 is 5.97 Å². The monoisotopic (exact) mass is 306 g/mol. The van der Waals surface area contributed by atoms with Crippen molar-refractivity contribution in [3.63, 3.8) is 0 Å². The number of benzene rings is 1. The molecule has 0 bridgehead atoms. The number of carbonyl (C=O) groups is 1. The third-order valence-corrected chi connectivity index (χ3v) is 3.31. The van der Waals surface area contributed by atoms with Gasteiger partial charge in [-0.05, 0) is 19.2 Å². The van der Waals surface area contributed by atoms with Gasteiger partial charge in [-0.25, -0.2) is 0 Å². The number of aromatic nitrogens is 1. The van der Waals surface area contributed by atoms with Crippen molar-refractivity contribution in [3.05, 3.63) is 41.8 Å². The van der Waals surface area contributed by atoms with Gasteiger partial charge in [0.25, 0.3) is 0 Å². The van der Waals surface area contributed by atoms with Gasteiger partial charge in [0.1, 0.15) is 23.8 Å². The number of ether oxygens (including phenoxy) is 2. The normalized spacial score (nSPS) is 12.2. The molecule has 1 unspecified atom stereocenters. The summed E-state index contributed by atoms with van der Waals surface area (Å²) >= 11 is 0. The maximum atomic E-state index is 11.7. The molecular weight excluding hydrogens is 288 g/mol. The van der Waals surface area contributed by atoms with Crippen LogP contribution in [0.15, 0.2) is 35.1 Å². The van der Waals surface area contributed by atoms with E-state index in [1.165, 1.54) is 13.4 Å². The fraction of sp³-hybridized carbons (Fsp3) is 0.333. The van der Waals surface area contributed by atoms with Crippen LogP contribution >= 0.6 is 0 Å². The lowest BCUT2D eigenvalue weighted by Gasteiger charge is -2.25. The van der Waals surface area contributed by atoms with E-state index in [1.807, 2.05) is 0 Å². The summed E-state index contributed by atoms with van der Waals surface area (Å²) in [6.45, 7) is 0.336. The molecule has 0 radical (unpaired) electrons. The smallest absolute Gasteiger partial charge is 0.325 e. The number of aliphatic carboxylic acids is 1. The number of likely N-dealkylation sites (N-methyl/N-ethyl adjacent to an activating group) is 1. The molecule has 2 rings (SSSR count). The minimum Gasteiger partial charge on any atom is -0.497 e. The van der Waals surface area contributed by atoms with Gasteiger partial charge in [-0.1, -0.05) is 5.16 Å². The Labute approximate surface area is 128 Å². The predicted molar refractivity (Wildman–Crippen MR) is 77.9 cm³/mol. The molecule has 0 amide bonds. The third kappa shape index (κ3) is 3.37. The molecule has 0 aliphatic rings. The van der Waals surface area contributed by atoms with Crippen LogP contribution in [0.4, 0.5) is 0 Å². The van der Waals surface area contributed by atoms with Gasteiger partial charge in [0.05, 0.1) is 19.9 Å². The van der Waals surface area contributed by atoms with Crippen molar-refractivity contribution in [2.75, 3.05) is 21.3 Å². The molecule has 7 heteroatoms.